The monoisotopic (exact) mass is 380 g/mol. The van der Waals surface area contributed by atoms with Crippen LogP contribution in [0.5, 0.6) is 0 Å². The Bertz CT molecular complexity index is 848. The molecule has 0 bridgehead atoms. The average Bonchev–Trinajstić information content (AvgIpc) is 2.60. The molecule has 2 aromatic rings. The molecule has 0 aliphatic carbocycles. The number of rotatable bonds is 6. The molecule has 27 heavy (non-hydrogen) atoms. The summed E-state index contributed by atoms with van der Waals surface area (Å²) in [4.78, 5) is 34.1. The molecule has 0 unspecified atom stereocenters. The van der Waals surface area contributed by atoms with Gasteiger partial charge in [0, 0.05) is 23.4 Å². The average molecular weight is 380 g/mol. The molecule has 0 aliphatic rings. The van der Waals surface area contributed by atoms with Crippen molar-refractivity contribution in [2.24, 2.45) is 0 Å². The fourth-order valence-electron chi connectivity index (χ4n) is 2.13. The first-order valence-corrected chi connectivity index (χ1v) is 7.75. The fraction of sp³-hybridized carbons (Fsp3) is 0.167. The van der Waals surface area contributed by atoms with Gasteiger partial charge in [0.05, 0.1) is 12.0 Å². The first-order chi connectivity index (χ1) is 12.6. The Hall–Kier alpha value is -3.36. The summed E-state index contributed by atoms with van der Waals surface area (Å²) in [6.45, 7) is 0. The van der Waals surface area contributed by atoms with Crippen molar-refractivity contribution in [3.05, 3.63) is 59.7 Å². The van der Waals surface area contributed by atoms with Gasteiger partial charge in [0.1, 0.15) is 0 Å². The molecule has 9 heteroatoms. The lowest BCUT2D eigenvalue weighted by Crippen LogP contribution is -2.14. The number of halogens is 3. The third-order valence-electron chi connectivity index (χ3n) is 3.44. The Labute approximate surface area is 152 Å². The largest absolute Gasteiger partial charge is 0.481 e. The van der Waals surface area contributed by atoms with Crippen molar-refractivity contribution in [3.63, 3.8) is 0 Å². The smallest absolute Gasteiger partial charge is 0.416 e. The second-order valence-corrected chi connectivity index (χ2v) is 5.55. The molecule has 0 aromatic heterocycles. The minimum Gasteiger partial charge on any atom is -0.481 e. The summed E-state index contributed by atoms with van der Waals surface area (Å²) in [7, 11) is 0. The van der Waals surface area contributed by atoms with Gasteiger partial charge in [-0.15, -0.1) is 0 Å². The SMILES string of the molecule is O=C(O)CCC(=O)Nc1ccc(C(=O)Nc2cccc(C(F)(F)F)c2)cc1. The van der Waals surface area contributed by atoms with Crippen LogP contribution < -0.4 is 10.6 Å². The number of nitrogens with one attached hydrogen (secondary N) is 2. The minimum absolute atomic E-state index is 0.000810. The fourth-order valence-corrected chi connectivity index (χ4v) is 2.13. The standard InChI is InChI=1S/C18H15F3N2O4/c19-18(20,21)12-2-1-3-14(10-12)23-17(27)11-4-6-13(7-5-11)22-15(24)8-9-16(25)26/h1-7,10H,8-9H2,(H,22,24)(H,23,27)(H,25,26). The van der Waals surface area contributed by atoms with Crippen LogP contribution in [0.4, 0.5) is 24.5 Å². The van der Waals surface area contributed by atoms with E-state index in [9.17, 15) is 27.6 Å². The van der Waals surface area contributed by atoms with Gasteiger partial charge in [-0.1, -0.05) is 6.07 Å². The van der Waals surface area contributed by atoms with Crippen molar-refractivity contribution >= 4 is 29.2 Å². The zero-order valence-electron chi connectivity index (χ0n) is 13.8. The Balaban J connectivity index is 1.99. The molecule has 2 aromatic carbocycles. The second kappa shape index (κ2) is 8.35. The number of amides is 2. The van der Waals surface area contributed by atoms with Gasteiger partial charge in [0.25, 0.3) is 5.91 Å². The Morgan fingerprint density at radius 3 is 2.15 bits per heavy atom. The van der Waals surface area contributed by atoms with E-state index in [0.29, 0.717) is 5.69 Å². The van der Waals surface area contributed by atoms with E-state index >= 15 is 0 Å². The summed E-state index contributed by atoms with van der Waals surface area (Å²) >= 11 is 0. The van der Waals surface area contributed by atoms with Crippen LogP contribution in [0.1, 0.15) is 28.8 Å². The number of hydrogen-bond acceptors (Lipinski definition) is 3. The molecule has 0 atom stereocenters. The molecular formula is C18H15F3N2O4. The van der Waals surface area contributed by atoms with Crippen molar-refractivity contribution < 1.29 is 32.7 Å². The number of alkyl halides is 3. The molecule has 142 valence electrons. The Kier molecular flexibility index (Phi) is 6.17. The zero-order valence-corrected chi connectivity index (χ0v) is 13.8. The van der Waals surface area contributed by atoms with Crippen LogP contribution in [0.3, 0.4) is 0 Å². The predicted octanol–water partition coefficient (Wildman–Crippen LogP) is 3.76. The van der Waals surface area contributed by atoms with Gasteiger partial charge in [-0.2, -0.15) is 13.2 Å². The summed E-state index contributed by atoms with van der Waals surface area (Å²) in [5, 5.41) is 13.4. The molecule has 0 heterocycles. The lowest BCUT2D eigenvalue weighted by Gasteiger charge is -2.10. The van der Waals surface area contributed by atoms with Crippen LogP contribution in [-0.2, 0) is 15.8 Å². The topological polar surface area (TPSA) is 95.5 Å². The number of carboxylic acids is 1. The number of anilines is 2. The molecule has 0 saturated heterocycles. The maximum absolute atomic E-state index is 12.7. The van der Waals surface area contributed by atoms with Crippen LogP contribution in [0, 0.1) is 0 Å². The van der Waals surface area contributed by atoms with Crippen molar-refractivity contribution in [2.45, 2.75) is 19.0 Å². The highest BCUT2D eigenvalue weighted by molar-refractivity contribution is 6.04. The van der Waals surface area contributed by atoms with Gasteiger partial charge < -0.3 is 15.7 Å². The van der Waals surface area contributed by atoms with Crippen molar-refractivity contribution in [1.29, 1.82) is 0 Å². The van der Waals surface area contributed by atoms with E-state index in [-0.39, 0.29) is 24.1 Å². The van der Waals surface area contributed by atoms with E-state index in [1.54, 1.807) is 0 Å². The van der Waals surface area contributed by atoms with E-state index in [0.717, 1.165) is 12.1 Å². The third kappa shape index (κ3) is 6.14. The van der Waals surface area contributed by atoms with E-state index in [1.165, 1.54) is 36.4 Å². The number of hydrogen-bond donors (Lipinski definition) is 3. The van der Waals surface area contributed by atoms with Crippen LogP contribution in [0.25, 0.3) is 0 Å². The number of benzene rings is 2. The number of carbonyl (C=O) groups is 3. The first-order valence-electron chi connectivity index (χ1n) is 7.75. The van der Waals surface area contributed by atoms with Gasteiger partial charge >= 0.3 is 12.1 Å². The van der Waals surface area contributed by atoms with E-state index in [1.807, 2.05) is 0 Å². The summed E-state index contributed by atoms with van der Waals surface area (Å²) in [6.07, 6.45) is -5.00. The van der Waals surface area contributed by atoms with Crippen LogP contribution in [-0.4, -0.2) is 22.9 Å². The Morgan fingerprint density at radius 1 is 0.889 bits per heavy atom. The second-order valence-electron chi connectivity index (χ2n) is 5.55. The van der Waals surface area contributed by atoms with Gasteiger partial charge in [0.15, 0.2) is 0 Å². The molecule has 0 radical (unpaired) electrons. The summed E-state index contributed by atoms with van der Waals surface area (Å²) in [6, 6.07) is 9.88. The molecule has 2 rings (SSSR count). The van der Waals surface area contributed by atoms with Gasteiger partial charge in [-0.3, -0.25) is 14.4 Å². The van der Waals surface area contributed by atoms with Crippen LogP contribution in [0.2, 0.25) is 0 Å². The van der Waals surface area contributed by atoms with Gasteiger partial charge in [-0.25, -0.2) is 0 Å². The lowest BCUT2D eigenvalue weighted by molar-refractivity contribution is -0.138. The van der Waals surface area contributed by atoms with Crippen LogP contribution in [0.15, 0.2) is 48.5 Å². The zero-order chi connectivity index (χ0) is 20.0. The van der Waals surface area contributed by atoms with Gasteiger partial charge in [0.2, 0.25) is 5.91 Å². The highest BCUT2D eigenvalue weighted by Crippen LogP contribution is 2.30. The molecular weight excluding hydrogens is 365 g/mol. The number of carboxylic acid groups (broad SMARTS) is 1. The van der Waals surface area contributed by atoms with Crippen molar-refractivity contribution in [2.75, 3.05) is 10.6 Å². The summed E-state index contributed by atoms with van der Waals surface area (Å²) in [5.41, 5.74) is -0.336. The lowest BCUT2D eigenvalue weighted by atomic mass is 10.1. The van der Waals surface area contributed by atoms with E-state index < -0.39 is 29.5 Å². The first kappa shape index (κ1) is 20.0. The van der Waals surface area contributed by atoms with Crippen LogP contribution >= 0.6 is 0 Å². The maximum Gasteiger partial charge on any atom is 0.416 e. The molecule has 0 fully saturated rings. The molecule has 0 spiro atoms. The van der Waals surface area contributed by atoms with Crippen molar-refractivity contribution in [3.8, 4) is 0 Å². The molecule has 3 N–H and O–H groups in total. The molecule has 2 amide bonds. The van der Waals surface area contributed by atoms with E-state index in [4.69, 9.17) is 5.11 Å². The number of aliphatic carboxylic acids is 1. The maximum atomic E-state index is 12.7. The van der Waals surface area contributed by atoms with E-state index in [2.05, 4.69) is 10.6 Å². The summed E-state index contributed by atoms with van der Waals surface area (Å²) in [5.74, 6) is -2.19. The minimum atomic E-state index is -4.51. The quantitative estimate of drug-likeness (QED) is 0.711. The normalized spacial score (nSPS) is 10.9. The summed E-state index contributed by atoms with van der Waals surface area (Å²) < 4.78 is 38.1. The number of carbonyl (C=O) groups excluding carboxylic acids is 2. The highest BCUT2D eigenvalue weighted by atomic mass is 19.4. The highest BCUT2D eigenvalue weighted by Gasteiger charge is 2.30. The van der Waals surface area contributed by atoms with Gasteiger partial charge in [-0.05, 0) is 42.5 Å². The molecule has 6 nitrogen and oxygen atoms in total. The third-order valence-corrected chi connectivity index (χ3v) is 3.44. The molecule has 0 saturated carbocycles. The van der Waals surface area contributed by atoms with Crippen molar-refractivity contribution in [1.82, 2.24) is 0 Å². The Morgan fingerprint density at radius 2 is 1.56 bits per heavy atom. The predicted molar refractivity (Wildman–Crippen MR) is 91.3 cm³/mol. The molecule has 0 aliphatic heterocycles.